The van der Waals surface area contributed by atoms with Gasteiger partial charge in [-0.2, -0.15) is 0 Å². The monoisotopic (exact) mass is 360 g/mol. The van der Waals surface area contributed by atoms with Crippen molar-refractivity contribution in [3.63, 3.8) is 0 Å². The summed E-state index contributed by atoms with van der Waals surface area (Å²) in [4.78, 5) is 30.4. The third-order valence-electron chi connectivity index (χ3n) is 4.77. The van der Waals surface area contributed by atoms with Gasteiger partial charge < -0.3 is 4.57 Å². The third kappa shape index (κ3) is 3.10. The highest BCUT2D eigenvalue weighted by molar-refractivity contribution is 5.78. The molecule has 0 fully saturated rings. The summed E-state index contributed by atoms with van der Waals surface area (Å²) in [7, 11) is 1.96. The van der Waals surface area contributed by atoms with Crippen LogP contribution < -0.4 is 11.2 Å². The van der Waals surface area contributed by atoms with Crippen molar-refractivity contribution >= 4 is 10.9 Å². The highest BCUT2D eigenvalue weighted by Crippen LogP contribution is 2.11. The van der Waals surface area contributed by atoms with Gasteiger partial charge in [0.25, 0.3) is 5.56 Å². The smallest absolute Gasteiger partial charge is 0.336 e. The van der Waals surface area contributed by atoms with Crippen molar-refractivity contribution in [1.29, 1.82) is 0 Å². The molecular weight excluding hydrogens is 340 g/mol. The predicted octanol–water partition coefficient (Wildman–Crippen LogP) is 2.52. The molecule has 0 aliphatic rings. The van der Waals surface area contributed by atoms with E-state index in [0.29, 0.717) is 23.1 Å². The second kappa shape index (κ2) is 7.07. The van der Waals surface area contributed by atoms with Gasteiger partial charge in [0.2, 0.25) is 0 Å². The molecule has 0 amide bonds. The number of aromatic nitrogens is 4. The highest BCUT2D eigenvalue weighted by Gasteiger charge is 2.14. The van der Waals surface area contributed by atoms with Crippen molar-refractivity contribution in [2.24, 2.45) is 7.05 Å². The second-order valence-electron chi connectivity index (χ2n) is 6.49. The van der Waals surface area contributed by atoms with Gasteiger partial charge in [-0.1, -0.05) is 30.3 Å². The zero-order valence-electron chi connectivity index (χ0n) is 15.1. The summed E-state index contributed by atoms with van der Waals surface area (Å²) in [6.45, 7) is 0.513. The number of para-hydroxylation sites is 2. The van der Waals surface area contributed by atoms with Crippen LogP contribution in [-0.2, 0) is 20.0 Å². The Balaban J connectivity index is 1.80. The Morgan fingerprint density at radius 2 is 1.70 bits per heavy atom. The van der Waals surface area contributed by atoms with Crippen LogP contribution in [-0.4, -0.2) is 18.7 Å². The number of hydrogen-bond donors (Lipinski definition) is 0. The van der Waals surface area contributed by atoms with Crippen molar-refractivity contribution in [2.45, 2.75) is 19.4 Å². The molecular formula is C21H20N4O2. The molecule has 0 aliphatic carbocycles. The normalized spacial score (nSPS) is 11.1. The SMILES string of the molecule is Cn1ccnc1CCCn1c(=O)n(-c2ccccc2)c(=O)c2ccccc21. The average Bonchev–Trinajstić information content (AvgIpc) is 3.10. The summed E-state index contributed by atoms with van der Waals surface area (Å²) in [6.07, 6.45) is 5.19. The summed E-state index contributed by atoms with van der Waals surface area (Å²) in [6, 6.07) is 16.3. The first-order valence-electron chi connectivity index (χ1n) is 8.93. The molecule has 4 rings (SSSR count). The summed E-state index contributed by atoms with van der Waals surface area (Å²) >= 11 is 0. The fourth-order valence-electron chi connectivity index (χ4n) is 3.37. The van der Waals surface area contributed by atoms with E-state index in [1.807, 2.05) is 54.2 Å². The molecule has 6 nitrogen and oxygen atoms in total. The van der Waals surface area contributed by atoms with Gasteiger partial charge in [0.1, 0.15) is 5.82 Å². The van der Waals surface area contributed by atoms with Crippen LogP contribution in [0.1, 0.15) is 12.2 Å². The van der Waals surface area contributed by atoms with E-state index in [1.54, 1.807) is 29.0 Å². The maximum atomic E-state index is 13.2. The van der Waals surface area contributed by atoms with Gasteiger partial charge in [-0.15, -0.1) is 0 Å². The minimum absolute atomic E-state index is 0.290. The van der Waals surface area contributed by atoms with E-state index in [2.05, 4.69) is 4.98 Å². The van der Waals surface area contributed by atoms with E-state index in [1.165, 1.54) is 4.57 Å². The zero-order valence-corrected chi connectivity index (χ0v) is 15.1. The van der Waals surface area contributed by atoms with Crippen molar-refractivity contribution in [3.05, 3.63) is 93.7 Å². The summed E-state index contributed by atoms with van der Waals surface area (Å²) in [5, 5.41) is 0.540. The topological polar surface area (TPSA) is 61.8 Å². The number of aryl methyl sites for hydroxylation is 3. The molecule has 6 heteroatoms. The maximum absolute atomic E-state index is 13.2. The standard InChI is InChI=1S/C21H20N4O2/c1-23-15-13-22-19(23)12-7-14-24-18-11-6-5-10-17(18)20(26)25(21(24)27)16-8-3-2-4-9-16/h2-6,8-11,13,15H,7,12,14H2,1H3. The minimum Gasteiger partial charge on any atom is -0.338 e. The lowest BCUT2D eigenvalue weighted by Gasteiger charge is -2.14. The molecule has 0 spiro atoms. The van der Waals surface area contributed by atoms with E-state index < -0.39 is 0 Å². The van der Waals surface area contributed by atoms with Crippen LogP contribution in [0.5, 0.6) is 0 Å². The van der Waals surface area contributed by atoms with Crippen LogP contribution in [0.4, 0.5) is 0 Å². The van der Waals surface area contributed by atoms with Crippen molar-refractivity contribution in [1.82, 2.24) is 18.7 Å². The first-order chi connectivity index (χ1) is 13.2. The number of rotatable bonds is 5. The molecule has 136 valence electrons. The van der Waals surface area contributed by atoms with Gasteiger partial charge in [0.15, 0.2) is 0 Å². The van der Waals surface area contributed by atoms with E-state index in [-0.39, 0.29) is 11.2 Å². The van der Waals surface area contributed by atoms with E-state index >= 15 is 0 Å². The number of hydrogen-bond acceptors (Lipinski definition) is 3. The van der Waals surface area contributed by atoms with E-state index in [0.717, 1.165) is 18.7 Å². The van der Waals surface area contributed by atoms with Gasteiger partial charge in [-0.05, 0) is 30.7 Å². The molecule has 0 saturated carbocycles. The number of nitrogens with zero attached hydrogens (tertiary/aromatic N) is 4. The Bertz CT molecular complexity index is 1200. The lowest BCUT2D eigenvalue weighted by molar-refractivity contribution is 0.593. The molecule has 0 atom stereocenters. The molecule has 2 aromatic carbocycles. The van der Waals surface area contributed by atoms with Crippen LogP contribution in [0.2, 0.25) is 0 Å². The third-order valence-corrected chi connectivity index (χ3v) is 4.77. The van der Waals surface area contributed by atoms with Gasteiger partial charge in [-0.25, -0.2) is 14.3 Å². The van der Waals surface area contributed by atoms with Crippen LogP contribution in [0.3, 0.4) is 0 Å². The van der Waals surface area contributed by atoms with Crippen LogP contribution in [0.15, 0.2) is 76.6 Å². The molecule has 2 aromatic heterocycles. The van der Waals surface area contributed by atoms with Crippen LogP contribution >= 0.6 is 0 Å². The first-order valence-corrected chi connectivity index (χ1v) is 8.93. The lowest BCUT2D eigenvalue weighted by atomic mass is 10.2. The number of benzene rings is 2. The maximum Gasteiger partial charge on any atom is 0.336 e. The Labute approximate surface area is 156 Å². The van der Waals surface area contributed by atoms with Gasteiger partial charge in [-0.3, -0.25) is 9.36 Å². The molecule has 0 radical (unpaired) electrons. The molecule has 0 unspecified atom stereocenters. The molecule has 2 heterocycles. The molecule has 0 aliphatic heterocycles. The van der Waals surface area contributed by atoms with E-state index in [4.69, 9.17) is 0 Å². The fourth-order valence-corrected chi connectivity index (χ4v) is 3.37. The Morgan fingerprint density at radius 3 is 2.44 bits per heavy atom. The predicted molar refractivity (Wildman–Crippen MR) is 105 cm³/mol. The largest absolute Gasteiger partial charge is 0.338 e. The quantitative estimate of drug-likeness (QED) is 0.549. The summed E-state index contributed by atoms with van der Waals surface area (Å²) in [5.74, 6) is 0.976. The fraction of sp³-hybridized carbons (Fsp3) is 0.190. The number of imidazole rings is 1. The van der Waals surface area contributed by atoms with Crippen LogP contribution in [0.25, 0.3) is 16.6 Å². The first kappa shape index (κ1) is 17.0. The molecule has 0 bridgehead atoms. The Morgan fingerprint density at radius 1 is 0.963 bits per heavy atom. The van der Waals surface area contributed by atoms with Gasteiger partial charge in [0.05, 0.1) is 16.6 Å². The molecule has 0 saturated heterocycles. The average molecular weight is 360 g/mol. The lowest BCUT2D eigenvalue weighted by Crippen LogP contribution is -2.39. The van der Waals surface area contributed by atoms with Gasteiger partial charge in [0, 0.05) is 32.4 Å². The van der Waals surface area contributed by atoms with Crippen molar-refractivity contribution in [2.75, 3.05) is 0 Å². The number of fused-ring (bicyclic) bond motifs is 1. The Kier molecular flexibility index (Phi) is 4.46. The zero-order chi connectivity index (χ0) is 18.8. The highest BCUT2D eigenvalue weighted by atomic mass is 16.2. The molecule has 27 heavy (non-hydrogen) atoms. The summed E-state index contributed by atoms with van der Waals surface area (Å²) < 4.78 is 4.92. The molecule has 4 aromatic rings. The Hall–Kier alpha value is -3.41. The van der Waals surface area contributed by atoms with Gasteiger partial charge >= 0.3 is 5.69 Å². The summed E-state index contributed by atoms with van der Waals surface area (Å²) in [5.41, 5.74) is 0.641. The minimum atomic E-state index is -0.315. The molecule has 0 N–H and O–H groups in total. The van der Waals surface area contributed by atoms with Crippen molar-refractivity contribution in [3.8, 4) is 5.69 Å². The van der Waals surface area contributed by atoms with E-state index in [9.17, 15) is 9.59 Å². The van der Waals surface area contributed by atoms with Crippen LogP contribution in [0, 0.1) is 0 Å². The second-order valence-corrected chi connectivity index (χ2v) is 6.49. The van der Waals surface area contributed by atoms with Crippen molar-refractivity contribution < 1.29 is 0 Å².